The summed E-state index contributed by atoms with van der Waals surface area (Å²) in [6.07, 6.45) is 1.33. The van der Waals surface area contributed by atoms with E-state index in [1.54, 1.807) is 39.8 Å². The van der Waals surface area contributed by atoms with Gasteiger partial charge in [0.15, 0.2) is 0 Å². The Morgan fingerprint density at radius 2 is 1.94 bits per heavy atom. The Morgan fingerprint density at radius 3 is 2.59 bits per heavy atom. The molecule has 0 N–H and O–H groups in total. The predicted octanol–water partition coefficient (Wildman–Crippen LogP) is 4.47. The molecule has 1 aromatic carbocycles. The third kappa shape index (κ3) is 4.60. The highest BCUT2D eigenvalue weighted by Gasteiger charge is 2.28. The number of halogens is 1. The second-order valence-corrected chi connectivity index (χ2v) is 10.1. The molecule has 0 radical (unpaired) electrons. The highest BCUT2D eigenvalue weighted by Crippen LogP contribution is 2.31. The molecule has 1 aliphatic rings. The number of nitrogens with zero attached hydrogens (tertiary/aromatic N) is 4. The molecule has 6 nitrogen and oxygen atoms in total. The quantitative estimate of drug-likeness (QED) is 0.537. The minimum atomic E-state index is -0.355. The van der Waals surface area contributed by atoms with E-state index in [4.69, 9.17) is 4.98 Å². The van der Waals surface area contributed by atoms with E-state index in [9.17, 15) is 14.0 Å². The fourth-order valence-electron chi connectivity index (χ4n) is 4.56. The largest absolute Gasteiger partial charge is 0.365 e. The number of hydrogen-bond donors (Lipinski definition) is 0. The van der Waals surface area contributed by atoms with Gasteiger partial charge in [0.1, 0.15) is 11.5 Å². The number of rotatable bonds is 4. The van der Waals surface area contributed by atoms with E-state index < -0.39 is 0 Å². The summed E-state index contributed by atoms with van der Waals surface area (Å²) in [6.45, 7) is 14.0. The van der Waals surface area contributed by atoms with Crippen molar-refractivity contribution in [2.75, 3.05) is 24.5 Å². The first-order chi connectivity index (χ1) is 16.1. The number of anilines is 1. The van der Waals surface area contributed by atoms with Crippen molar-refractivity contribution >= 4 is 22.6 Å². The molecule has 1 saturated heterocycles. The fourth-order valence-corrected chi connectivity index (χ4v) is 4.56. The van der Waals surface area contributed by atoms with Gasteiger partial charge in [-0.25, -0.2) is 9.37 Å². The van der Waals surface area contributed by atoms with Crippen molar-refractivity contribution in [3.63, 3.8) is 0 Å². The molecule has 2 aromatic heterocycles. The second kappa shape index (κ2) is 9.05. The Bertz CT molecular complexity index is 1310. The number of amides is 1. The SMILES string of the molecule is C=CC(=O)N1CCN(c2cc(=O)n(CC(C)(C)C)c3nc(-c4ccccc4F)ccc23)[C@@H](C)C1. The summed E-state index contributed by atoms with van der Waals surface area (Å²) in [5, 5.41) is 0.833. The Balaban J connectivity index is 1.87. The fraction of sp³-hybridized carbons (Fsp3) is 0.370. The van der Waals surface area contributed by atoms with Crippen LogP contribution in [0.3, 0.4) is 0 Å². The molecule has 0 unspecified atom stereocenters. The summed E-state index contributed by atoms with van der Waals surface area (Å²) in [7, 11) is 0. The van der Waals surface area contributed by atoms with Gasteiger partial charge in [-0.05, 0) is 42.7 Å². The number of carbonyl (C=O) groups is 1. The number of carbonyl (C=O) groups excluding carboxylic acids is 1. The Kier molecular flexibility index (Phi) is 6.30. The van der Waals surface area contributed by atoms with Gasteiger partial charge in [0, 0.05) is 49.2 Å². The van der Waals surface area contributed by atoms with Gasteiger partial charge in [0.25, 0.3) is 5.56 Å². The number of piperazine rings is 1. The van der Waals surface area contributed by atoms with Crippen molar-refractivity contribution in [2.45, 2.75) is 40.3 Å². The van der Waals surface area contributed by atoms with Crippen molar-refractivity contribution in [3.05, 3.63) is 71.3 Å². The number of hydrogen-bond acceptors (Lipinski definition) is 4. The van der Waals surface area contributed by atoms with Crippen molar-refractivity contribution < 1.29 is 9.18 Å². The summed E-state index contributed by atoms with van der Waals surface area (Å²) in [5.41, 5.74) is 1.91. The van der Waals surface area contributed by atoms with E-state index in [0.29, 0.717) is 43.1 Å². The summed E-state index contributed by atoms with van der Waals surface area (Å²) in [6, 6.07) is 11.9. The van der Waals surface area contributed by atoms with Gasteiger partial charge >= 0.3 is 0 Å². The third-order valence-corrected chi connectivity index (χ3v) is 6.14. The van der Waals surface area contributed by atoms with Gasteiger partial charge in [-0.15, -0.1) is 0 Å². The van der Waals surface area contributed by atoms with Gasteiger partial charge in [0.2, 0.25) is 5.91 Å². The van der Waals surface area contributed by atoms with Crippen LogP contribution >= 0.6 is 0 Å². The van der Waals surface area contributed by atoms with Gasteiger partial charge in [-0.1, -0.05) is 39.5 Å². The molecule has 0 aliphatic carbocycles. The second-order valence-electron chi connectivity index (χ2n) is 10.1. The van der Waals surface area contributed by atoms with Crippen LogP contribution in [0.25, 0.3) is 22.3 Å². The molecular weight excluding hydrogens is 431 g/mol. The standard InChI is InChI=1S/C27H31FN4O2/c1-6-24(33)30-13-14-31(18(2)16-30)23-15-25(34)32(17-27(3,4)5)26-20(23)11-12-22(29-26)19-9-7-8-10-21(19)28/h6-12,15,18H,1,13-14,16-17H2,2-5H3/t18-/m0/s1. The lowest BCUT2D eigenvalue weighted by Crippen LogP contribution is -2.53. The Morgan fingerprint density at radius 1 is 1.21 bits per heavy atom. The highest BCUT2D eigenvalue weighted by molar-refractivity contribution is 5.92. The summed E-state index contributed by atoms with van der Waals surface area (Å²) >= 11 is 0. The highest BCUT2D eigenvalue weighted by atomic mass is 19.1. The van der Waals surface area contributed by atoms with Crippen molar-refractivity contribution in [3.8, 4) is 11.3 Å². The van der Waals surface area contributed by atoms with Crippen LogP contribution in [0.15, 0.2) is 59.9 Å². The molecule has 0 saturated carbocycles. The van der Waals surface area contributed by atoms with Crippen LogP contribution in [0.2, 0.25) is 0 Å². The van der Waals surface area contributed by atoms with E-state index in [1.807, 2.05) is 13.0 Å². The van der Waals surface area contributed by atoms with E-state index in [2.05, 4.69) is 32.3 Å². The number of fused-ring (bicyclic) bond motifs is 1. The zero-order valence-electron chi connectivity index (χ0n) is 20.2. The average molecular weight is 463 g/mol. The topological polar surface area (TPSA) is 58.4 Å². The summed E-state index contributed by atoms with van der Waals surface area (Å²) < 4.78 is 16.2. The van der Waals surface area contributed by atoms with E-state index >= 15 is 0 Å². The minimum absolute atomic E-state index is 0.00459. The van der Waals surface area contributed by atoms with Crippen molar-refractivity contribution in [1.29, 1.82) is 0 Å². The number of benzene rings is 1. The number of pyridine rings is 2. The molecular formula is C27H31FN4O2. The zero-order valence-corrected chi connectivity index (χ0v) is 20.2. The van der Waals surface area contributed by atoms with Crippen LogP contribution in [-0.2, 0) is 11.3 Å². The summed E-state index contributed by atoms with van der Waals surface area (Å²) in [5.74, 6) is -0.444. The van der Waals surface area contributed by atoms with Crippen LogP contribution in [0.5, 0.6) is 0 Å². The normalized spacial score (nSPS) is 16.7. The lowest BCUT2D eigenvalue weighted by Gasteiger charge is -2.41. The molecule has 7 heteroatoms. The van der Waals surface area contributed by atoms with Crippen LogP contribution in [0, 0.1) is 11.2 Å². The average Bonchev–Trinajstić information content (AvgIpc) is 2.79. The molecule has 0 spiro atoms. The maximum absolute atomic E-state index is 14.5. The van der Waals surface area contributed by atoms with E-state index in [-0.39, 0.29) is 28.7 Å². The van der Waals surface area contributed by atoms with Gasteiger partial charge in [-0.3, -0.25) is 14.2 Å². The molecule has 1 atom stereocenters. The number of aromatic nitrogens is 2. The predicted molar refractivity (Wildman–Crippen MR) is 134 cm³/mol. The Labute approximate surface area is 199 Å². The zero-order chi connectivity index (χ0) is 24.6. The van der Waals surface area contributed by atoms with E-state index in [0.717, 1.165) is 11.1 Å². The third-order valence-electron chi connectivity index (χ3n) is 6.14. The van der Waals surface area contributed by atoms with Gasteiger partial charge in [0.05, 0.1) is 11.4 Å². The maximum Gasteiger partial charge on any atom is 0.254 e. The molecule has 3 heterocycles. The van der Waals surface area contributed by atoms with Gasteiger partial charge < -0.3 is 9.80 Å². The van der Waals surface area contributed by atoms with Crippen LogP contribution < -0.4 is 10.5 Å². The lowest BCUT2D eigenvalue weighted by atomic mass is 9.96. The van der Waals surface area contributed by atoms with Crippen LogP contribution in [-0.4, -0.2) is 46.0 Å². The van der Waals surface area contributed by atoms with Gasteiger partial charge in [-0.2, -0.15) is 0 Å². The first-order valence-electron chi connectivity index (χ1n) is 11.6. The first-order valence-corrected chi connectivity index (χ1v) is 11.6. The van der Waals surface area contributed by atoms with E-state index in [1.165, 1.54) is 12.1 Å². The smallest absolute Gasteiger partial charge is 0.254 e. The molecule has 1 aliphatic heterocycles. The first kappa shape index (κ1) is 23.7. The Hall–Kier alpha value is -3.48. The molecule has 1 amide bonds. The molecule has 0 bridgehead atoms. The van der Waals surface area contributed by atoms with Crippen LogP contribution in [0.4, 0.5) is 10.1 Å². The lowest BCUT2D eigenvalue weighted by molar-refractivity contribution is -0.126. The van der Waals surface area contributed by atoms with Crippen molar-refractivity contribution in [2.24, 2.45) is 5.41 Å². The molecule has 4 rings (SSSR count). The maximum atomic E-state index is 14.5. The molecule has 3 aromatic rings. The van der Waals surface area contributed by atoms with Crippen LogP contribution in [0.1, 0.15) is 27.7 Å². The summed E-state index contributed by atoms with van der Waals surface area (Å²) in [4.78, 5) is 34.2. The molecule has 34 heavy (non-hydrogen) atoms. The minimum Gasteiger partial charge on any atom is -0.365 e. The molecule has 178 valence electrons. The monoisotopic (exact) mass is 462 g/mol. The molecule has 1 fully saturated rings. The van der Waals surface area contributed by atoms with Crippen molar-refractivity contribution in [1.82, 2.24) is 14.5 Å².